The number of carbonyl (C=O) groups is 1. The van der Waals surface area contributed by atoms with Gasteiger partial charge >= 0.3 is 0 Å². The molecule has 1 aliphatic carbocycles. The molecule has 0 radical (unpaired) electrons. The lowest BCUT2D eigenvalue weighted by atomic mass is 9.82. The molecular weight excluding hydrogens is 349 g/mol. The monoisotopic (exact) mass is 375 g/mol. The summed E-state index contributed by atoms with van der Waals surface area (Å²) >= 11 is 0. The fourth-order valence-corrected chi connectivity index (χ4v) is 3.55. The van der Waals surface area contributed by atoms with E-state index < -0.39 is 0 Å². The van der Waals surface area contributed by atoms with Gasteiger partial charge in [-0.3, -0.25) is 9.78 Å². The van der Waals surface area contributed by atoms with Gasteiger partial charge in [-0.2, -0.15) is 0 Å². The van der Waals surface area contributed by atoms with Gasteiger partial charge in [0.1, 0.15) is 0 Å². The minimum Gasteiger partial charge on any atom is -0.375 e. The SMILES string of the molecule is CCN(Cc1ccncc1)C(=O)[C@H]1CC[C@H]2OCCN[C@@H]2C1.Cl.Cl. The number of hydrogen-bond acceptors (Lipinski definition) is 4. The highest BCUT2D eigenvalue weighted by molar-refractivity contribution is 5.85. The Balaban J connectivity index is 0.00000144. The Morgan fingerprint density at radius 2 is 2.08 bits per heavy atom. The second-order valence-electron chi connectivity index (χ2n) is 6.19. The van der Waals surface area contributed by atoms with Crippen molar-refractivity contribution in [2.75, 3.05) is 19.7 Å². The predicted molar refractivity (Wildman–Crippen MR) is 98.7 cm³/mol. The Morgan fingerprint density at radius 3 is 2.79 bits per heavy atom. The summed E-state index contributed by atoms with van der Waals surface area (Å²) in [6.45, 7) is 5.16. The van der Waals surface area contributed by atoms with Crippen LogP contribution in [-0.2, 0) is 16.1 Å². The second kappa shape index (κ2) is 10.2. The van der Waals surface area contributed by atoms with E-state index in [1.807, 2.05) is 24.0 Å². The molecule has 3 atom stereocenters. The summed E-state index contributed by atoms with van der Waals surface area (Å²) in [5, 5.41) is 3.51. The van der Waals surface area contributed by atoms with Crippen LogP contribution in [0.15, 0.2) is 24.5 Å². The number of halogens is 2. The molecule has 24 heavy (non-hydrogen) atoms. The number of morpholine rings is 1. The van der Waals surface area contributed by atoms with Crippen LogP contribution in [0.3, 0.4) is 0 Å². The molecule has 0 spiro atoms. The molecule has 5 nitrogen and oxygen atoms in total. The molecule has 2 heterocycles. The van der Waals surface area contributed by atoms with Crippen molar-refractivity contribution in [3.8, 4) is 0 Å². The number of fused-ring (bicyclic) bond motifs is 1. The van der Waals surface area contributed by atoms with Gasteiger partial charge in [-0.05, 0) is 43.9 Å². The zero-order chi connectivity index (χ0) is 15.4. The number of ether oxygens (including phenoxy) is 1. The van der Waals surface area contributed by atoms with Gasteiger partial charge < -0.3 is 15.0 Å². The van der Waals surface area contributed by atoms with Crippen LogP contribution in [0.2, 0.25) is 0 Å². The standard InChI is InChI=1S/C17H25N3O2.2ClH/c1-2-20(12-13-5-7-18-8-6-13)17(21)14-3-4-16-15(11-14)19-9-10-22-16;;/h5-8,14-16,19H,2-4,9-12H2,1H3;2*1H/t14-,15+,16+;;/m0../s1. The Bertz CT molecular complexity index is 504. The van der Waals surface area contributed by atoms with Crippen molar-refractivity contribution in [2.24, 2.45) is 5.92 Å². The molecule has 7 heteroatoms. The zero-order valence-corrected chi connectivity index (χ0v) is 15.7. The molecule has 1 aromatic heterocycles. The lowest BCUT2D eigenvalue weighted by Gasteiger charge is -2.40. The highest BCUT2D eigenvalue weighted by atomic mass is 35.5. The second-order valence-corrected chi connectivity index (χ2v) is 6.19. The molecule has 1 saturated heterocycles. The van der Waals surface area contributed by atoms with E-state index >= 15 is 0 Å². The largest absolute Gasteiger partial charge is 0.375 e. The maximum Gasteiger partial charge on any atom is 0.226 e. The minimum atomic E-state index is 0. The van der Waals surface area contributed by atoms with E-state index in [9.17, 15) is 4.79 Å². The number of nitrogens with zero attached hydrogens (tertiary/aromatic N) is 2. The van der Waals surface area contributed by atoms with Crippen LogP contribution in [0.25, 0.3) is 0 Å². The van der Waals surface area contributed by atoms with Crippen molar-refractivity contribution in [1.82, 2.24) is 15.2 Å². The summed E-state index contributed by atoms with van der Waals surface area (Å²) in [4.78, 5) is 18.8. The number of amides is 1. The fourth-order valence-electron chi connectivity index (χ4n) is 3.55. The molecule has 3 rings (SSSR count). The minimum absolute atomic E-state index is 0. The van der Waals surface area contributed by atoms with Crippen molar-refractivity contribution in [2.45, 2.75) is 44.9 Å². The summed E-state index contributed by atoms with van der Waals surface area (Å²) < 4.78 is 5.80. The number of hydrogen-bond donors (Lipinski definition) is 1. The number of pyridine rings is 1. The first kappa shape index (κ1) is 21.2. The Labute approximate surface area is 156 Å². The molecule has 2 aliphatic rings. The average Bonchev–Trinajstić information content (AvgIpc) is 2.59. The molecule has 1 N–H and O–H groups in total. The highest BCUT2D eigenvalue weighted by Gasteiger charge is 2.37. The molecule has 1 aliphatic heterocycles. The Kier molecular flexibility index (Phi) is 8.98. The summed E-state index contributed by atoms with van der Waals surface area (Å²) in [6, 6.07) is 4.29. The van der Waals surface area contributed by atoms with Crippen LogP contribution in [0, 0.1) is 5.92 Å². The number of nitrogens with one attached hydrogen (secondary N) is 1. The molecule has 1 saturated carbocycles. The van der Waals surface area contributed by atoms with E-state index in [1.54, 1.807) is 12.4 Å². The zero-order valence-electron chi connectivity index (χ0n) is 14.0. The van der Waals surface area contributed by atoms with Crippen LogP contribution >= 0.6 is 24.8 Å². The van der Waals surface area contributed by atoms with E-state index in [1.165, 1.54) is 0 Å². The number of aromatic nitrogens is 1. The van der Waals surface area contributed by atoms with Crippen LogP contribution in [0.1, 0.15) is 31.7 Å². The third-order valence-corrected chi connectivity index (χ3v) is 4.79. The third-order valence-electron chi connectivity index (χ3n) is 4.79. The molecule has 1 amide bonds. The summed E-state index contributed by atoms with van der Waals surface area (Å²) in [6.07, 6.45) is 6.68. The first-order chi connectivity index (χ1) is 10.8. The molecular formula is C17H27Cl2N3O2. The lowest BCUT2D eigenvalue weighted by Crippen LogP contribution is -2.53. The quantitative estimate of drug-likeness (QED) is 0.877. The Morgan fingerprint density at radius 1 is 1.33 bits per heavy atom. The van der Waals surface area contributed by atoms with Crippen LogP contribution in [0.5, 0.6) is 0 Å². The van der Waals surface area contributed by atoms with Crippen molar-refractivity contribution in [3.05, 3.63) is 30.1 Å². The third kappa shape index (κ3) is 5.06. The molecule has 0 bridgehead atoms. The van der Waals surface area contributed by atoms with Gasteiger partial charge in [-0.25, -0.2) is 0 Å². The average molecular weight is 376 g/mol. The molecule has 2 fully saturated rings. The van der Waals surface area contributed by atoms with E-state index in [4.69, 9.17) is 4.74 Å². The smallest absolute Gasteiger partial charge is 0.226 e. The van der Waals surface area contributed by atoms with E-state index in [2.05, 4.69) is 10.3 Å². The van der Waals surface area contributed by atoms with Gasteiger partial charge in [0.05, 0.1) is 12.7 Å². The molecule has 0 aromatic carbocycles. The number of rotatable bonds is 4. The summed E-state index contributed by atoms with van der Waals surface area (Å²) in [5.74, 6) is 0.405. The van der Waals surface area contributed by atoms with Crippen LogP contribution < -0.4 is 5.32 Å². The number of carbonyl (C=O) groups excluding carboxylic acids is 1. The van der Waals surface area contributed by atoms with Gasteiger partial charge in [0, 0.05) is 44.0 Å². The molecule has 136 valence electrons. The highest BCUT2D eigenvalue weighted by Crippen LogP contribution is 2.29. The maximum absolute atomic E-state index is 12.8. The first-order valence-electron chi connectivity index (χ1n) is 8.30. The molecule has 0 unspecified atom stereocenters. The fraction of sp³-hybridized carbons (Fsp3) is 0.647. The van der Waals surface area contributed by atoms with Crippen molar-refractivity contribution < 1.29 is 9.53 Å². The predicted octanol–water partition coefficient (Wildman–Crippen LogP) is 2.43. The molecule has 1 aromatic rings. The van der Waals surface area contributed by atoms with Gasteiger partial charge in [-0.1, -0.05) is 0 Å². The lowest BCUT2D eigenvalue weighted by molar-refractivity contribution is -0.139. The van der Waals surface area contributed by atoms with Crippen molar-refractivity contribution >= 4 is 30.7 Å². The maximum atomic E-state index is 12.8. The van der Waals surface area contributed by atoms with Gasteiger partial charge in [0.25, 0.3) is 0 Å². The van der Waals surface area contributed by atoms with Crippen molar-refractivity contribution in [3.63, 3.8) is 0 Å². The van der Waals surface area contributed by atoms with Gasteiger partial charge in [-0.15, -0.1) is 24.8 Å². The van der Waals surface area contributed by atoms with E-state index in [-0.39, 0.29) is 36.6 Å². The summed E-state index contributed by atoms with van der Waals surface area (Å²) in [5.41, 5.74) is 1.14. The van der Waals surface area contributed by atoms with E-state index in [0.29, 0.717) is 18.7 Å². The normalized spacial score (nSPS) is 25.6. The Hall–Kier alpha value is -0.880. The van der Waals surface area contributed by atoms with Crippen LogP contribution in [0.4, 0.5) is 0 Å². The summed E-state index contributed by atoms with van der Waals surface area (Å²) in [7, 11) is 0. The van der Waals surface area contributed by atoms with Gasteiger partial charge in [0.15, 0.2) is 0 Å². The van der Waals surface area contributed by atoms with Crippen molar-refractivity contribution in [1.29, 1.82) is 0 Å². The van der Waals surface area contributed by atoms with E-state index in [0.717, 1.165) is 44.5 Å². The topological polar surface area (TPSA) is 54.5 Å². The van der Waals surface area contributed by atoms with Gasteiger partial charge in [0.2, 0.25) is 5.91 Å². The van der Waals surface area contributed by atoms with Crippen LogP contribution in [-0.4, -0.2) is 47.6 Å². The first-order valence-corrected chi connectivity index (χ1v) is 8.30.